The molecule has 0 amide bonds. The van der Waals surface area contributed by atoms with Crippen molar-refractivity contribution >= 4 is 5.69 Å². The molecule has 0 saturated carbocycles. The molecule has 0 unspecified atom stereocenters. The quantitative estimate of drug-likeness (QED) is 0.394. The zero-order valence-electron chi connectivity index (χ0n) is 21.1. The van der Waals surface area contributed by atoms with Crippen LogP contribution in [-0.4, -0.2) is 61.0 Å². The Morgan fingerprint density at radius 1 is 1.00 bits per heavy atom. The Morgan fingerprint density at radius 3 is 2.69 bits per heavy atom. The fourth-order valence-electron chi connectivity index (χ4n) is 5.55. The first kappa shape index (κ1) is 24.4. The van der Waals surface area contributed by atoms with Crippen LogP contribution in [0.5, 0.6) is 17.2 Å². The first-order valence-electron chi connectivity index (χ1n) is 12.8. The van der Waals surface area contributed by atoms with Gasteiger partial charge in [-0.25, -0.2) is 9.37 Å². The van der Waals surface area contributed by atoms with Gasteiger partial charge < -0.3 is 23.7 Å². The van der Waals surface area contributed by atoms with E-state index in [-0.39, 0.29) is 5.82 Å². The highest BCUT2D eigenvalue weighted by atomic mass is 19.1. The number of imidazole rings is 1. The lowest BCUT2D eigenvalue weighted by molar-refractivity contribution is 0.0715. The van der Waals surface area contributed by atoms with Crippen molar-refractivity contribution in [2.75, 3.05) is 45.4 Å². The van der Waals surface area contributed by atoms with Gasteiger partial charge in [0.1, 0.15) is 0 Å². The van der Waals surface area contributed by atoms with Crippen LogP contribution in [0.3, 0.4) is 0 Å². The van der Waals surface area contributed by atoms with Gasteiger partial charge >= 0.3 is 0 Å². The first-order valence-corrected chi connectivity index (χ1v) is 12.8. The molecule has 3 aromatic rings. The van der Waals surface area contributed by atoms with Crippen molar-refractivity contribution in [2.45, 2.75) is 44.3 Å². The van der Waals surface area contributed by atoms with Gasteiger partial charge in [-0.1, -0.05) is 6.07 Å². The normalized spacial score (nSPS) is 20.1. The SMILES string of the molecule is COc1cc(N2CCN3[C@@H](CCC[C@@H]3c3ccc(OCCCn4ccnc4)c(OC)c3)C2)ccc1F. The van der Waals surface area contributed by atoms with Crippen LogP contribution in [0.2, 0.25) is 0 Å². The Hall–Kier alpha value is -3.26. The van der Waals surface area contributed by atoms with Gasteiger partial charge in [0.2, 0.25) is 0 Å². The minimum atomic E-state index is -0.322. The molecule has 36 heavy (non-hydrogen) atoms. The number of nitrogens with zero attached hydrogens (tertiary/aromatic N) is 4. The lowest BCUT2D eigenvalue weighted by Gasteiger charge is -2.49. The predicted octanol–water partition coefficient (Wildman–Crippen LogP) is 4.92. The molecule has 0 radical (unpaired) electrons. The van der Waals surface area contributed by atoms with E-state index in [1.165, 1.54) is 31.6 Å². The smallest absolute Gasteiger partial charge is 0.165 e. The fraction of sp³-hybridized carbons (Fsp3) is 0.464. The number of hydrogen-bond donors (Lipinski definition) is 0. The molecule has 0 aliphatic carbocycles. The Kier molecular flexibility index (Phi) is 7.60. The second-order valence-corrected chi connectivity index (χ2v) is 9.52. The molecule has 5 rings (SSSR count). The molecular weight excluding hydrogens is 459 g/mol. The highest BCUT2D eigenvalue weighted by molar-refractivity contribution is 5.52. The standard InChI is InChI=1S/C28H35FN4O3/c1-34-27-18-22(8-9-24(27)29)32-14-15-33-23(19-32)5-3-6-25(33)21-7-10-26(28(17-21)35-2)36-16-4-12-31-13-11-30-20-31/h7-11,13,17-18,20,23,25H,3-6,12,14-16,19H2,1-2H3/t23-,25+/m0/s1. The summed E-state index contributed by atoms with van der Waals surface area (Å²) in [5.74, 6) is 1.55. The van der Waals surface area contributed by atoms with Crippen molar-refractivity contribution in [1.29, 1.82) is 0 Å². The Balaban J connectivity index is 1.23. The molecule has 0 bridgehead atoms. The van der Waals surface area contributed by atoms with Crippen LogP contribution in [-0.2, 0) is 6.54 Å². The lowest BCUT2D eigenvalue weighted by atomic mass is 9.89. The Bertz CT molecular complexity index is 1140. The summed E-state index contributed by atoms with van der Waals surface area (Å²) in [6.45, 7) is 4.29. The van der Waals surface area contributed by atoms with E-state index in [0.29, 0.717) is 24.4 Å². The molecule has 2 aliphatic rings. The molecule has 0 spiro atoms. The Labute approximate surface area is 212 Å². The molecule has 2 aliphatic heterocycles. The van der Waals surface area contributed by atoms with Crippen LogP contribution in [0.15, 0.2) is 55.1 Å². The maximum Gasteiger partial charge on any atom is 0.165 e. The minimum absolute atomic E-state index is 0.299. The number of aromatic nitrogens is 2. The van der Waals surface area contributed by atoms with E-state index >= 15 is 0 Å². The third-order valence-corrected chi connectivity index (χ3v) is 7.39. The molecule has 0 N–H and O–H groups in total. The van der Waals surface area contributed by atoms with E-state index in [4.69, 9.17) is 14.2 Å². The summed E-state index contributed by atoms with van der Waals surface area (Å²) in [4.78, 5) is 9.07. The summed E-state index contributed by atoms with van der Waals surface area (Å²) >= 11 is 0. The van der Waals surface area contributed by atoms with Crippen molar-refractivity contribution < 1.29 is 18.6 Å². The summed E-state index contributed by atoms with van der Waals surface area (Å²) in [6, 6.07) is 12.4. The van der Waals surface area contributed by atoms with Crippen molar-refractivity contribution in [3.05, 3.63) is 66.5 Å². The van der Waals surface area contributed by atoms with Crippen LogP contribution in [0.25, 0.3) is 0 Å². The summed E-state index contributed by atoms with van der Waals surface area (Å²) in [5.41, 5.74) is 2.30. The maximum atomic E-state index is 13.9. The summed E-state index contributed by atoms with van der Waals surface area (Å²) in [5, 5.41) is 0. The molecule has 2 aromatic carbocycles. The summed E-state index contributed by atoms with van der Waals surface area (Å²) < 4.78 is 32.9. The number of piperidine rings is 1. The minimum Gasteiger partial charge on any atom is -0.494 e. The largest absolute Gasteiger partial charge is 0.494 e. The molecule has 192 valence electrons. The Morgan fingerprint density at radius 2 is 1.89 bits per heavy atom. The number of methoxy groups -OCH3 is 2. The first-order chi connectivity index (χ1) is 17.7. The van der Waals surface area contributed by atoms with E-state index in [2.05, 4.69) is 37.5 Å². The molecule has 2 fully saturated rings. The van der Waals surface area contributed by atoms with Crippen molar-refractivity contribution in [2.24, 2.45) is 0 Å². The second-order valence-electron chi connectivity index (χ2n) is 9.52. The van der Waals surface area contributed by atoms with Gasteiger partial charge in [-0.15, -0.1) is 0 Å². The molecule has 1 aromatic heterocycles. The molecule has 7 nitrogen and oxygen atoms in total. The summed E-state index contributed by atoms with van der Waals surface area (Å²) in [6.07, 6.45) is 9.96. The molecular formula is C28H35FN4O3. The van der Waals surface area contributed by atoms with Gasteiger partial charge in [0, 0.05) is 62.4 Å². The van der Waals surface area contributed by atoms with Crippen LogP contribution in [0, 0.1) is 5.82 Å². The monoisotopic (exact) mass is 494 g/mol. The molecule has 2 saturated heterocycles. The van der Waals surface area contributed by atoms with E-state index in [0.717, 1.165) is 56.2 Å². The zero-order valence-corrected chi connectivity index (χ0v) is 21.1. The van der Waals surface area contributed by atoms with Crippen LogP contribution >= 0.6 is 0 Å². The molecule has 3 heterocycles. The lowest BCUT2D eigenvalue weighted by Crippen LogP contribution is -2.55. The van der Waals surface area contributed by atoms with Gasteiger partial charge in [0.15, 0.2) is 23.1 Å². The predicted molar refractivity (Wildman–Crippen MR) is 138 cm³/mol. The second kappa shape index (κ2) is 11.2. The fourth-order valence-corrected chi connectivity index (χ4v) is 5.55. The highest BCUT2D eigenvalue weighted by Gasteiger charge is 2.36. The number of anilines is 1. The number of rotatable bonds is 9. The number of benzene rings is 2. The molecule has 8 heteroatoms. The number of aryl methyl sites for hydroxylation is 1. The average molecular weight is 495 g/mol. The van der Waals surface area contributed by atoms with Crippen LogP contribution in [0.4, 0.5) is 10.1 Å². The maximum absolute atomic E-state index is 13.9. The highest BCUT2D eigenvalue weighted by Crippen LogP contribution is 2.40. The third-order valence-electron chi connectivity index (χ3n) is 7.39. The topological polar surface area (TPSA) is 52.0 Å². The number of fused-ring (bicyclic) bond motifs is 1. The summed E-state index contributed by atoms with van der Waals surface area (Å²) in [7, 11) is 3.22. The third kappa shape index (κ3) is 5.28. The van der Waals surface area contributed by atoms with Gasteiger partial charge in [-0.05, 0) is 55.5 Å². The van der Waals surface area contributed by atoms with Crippen molar-refractivity contribution in [3.63, 3.8) is 0 Å². The van der Waals surface area contributed by atoms with Gasteiger partial charge in [0.25, 0.3) is 0 Å². The van der Waals surface area contributed by atoms with Gasteiger partial charge in [0.05, 0.1) is 27.2 Å². The van der Waals surface area contributed by atoms with Gasteiger partial charge in [-0.3, -0.25) is 4.90 Å². The van der Waals surface area contributed by atoms with Crippen molar-refractivity contribution in [1.82, 2.24) is 14.5 Å². The van der Waals surface area contributed by atoms with E-state index in [1.807, 2.05) is 24.7 Å². The van der Waals surface area contributed by atoms with Crippen LogP contribution in [0.1, 0.15) is 37.3 Å². The van der Waals surface area contributed by atoms with E-state index in [9.17, 15) is 4.39 Å². The van der Waals surface area contributed by atoms with Crippen LogP contribution < -0.4 is 19.1 Å². The number of piperazine rings is 1. The number of halogens is 1. The number of ether oxygens (including phenoxy) is 3. The van der Waals surface area contributed by atoms with Crippen molar-refractivity contribution in [3.8, 4) is 17.2 Å². The zero-order chi connectivity index (χ0) is 24.9. The molecule has 2 atom stereocenters. The van der Waals surface area contributed by atoms with E-state index in [1.54, 1.807) is 13.3 Å². The average Bonchev–Trinajstić information content (AvgIpc) is 3.44. The number of hydrogen-bond acceptors (Lipinski definition) is 6. The van der Waals surface area contributed by atoms with Gasteiger partial charge in [-0.2, -0.15) is 0 Å². The van der Waals surface area contributed by atoms with E-state index < -0.39 is 0 Å².